The number of para-hydroxylation sites is 1. The first-order chi connectivity index (χ1) is 8.70. The second kappa shape index (κ2) is 6.58. The Bertz CT molecular complexity index is 390. The molecule has 2 rings (SSSR count). The maximum absolute atomic E-state index is 6.05. The van der Waals surface area contributed by atoms with E-state index in [-0.39, 0.29) is 6.04 Å². The summed E-state index contributed by atoms with van der Waals surface area (Å²) in [5.74, 6) is 1.75. The van der Waals surface area contributed by atoms with Crippen LogP contribution >= 0.6 is 15.9 Å². The molecule has 2 N–H and O–H groups in total. The van der Waals surface area contributed by atoms with E-state index < -0.39 is 0 Å². The SMILES string of the molecule is CCC(N)Cc1cccc(Br)c1OCC1CCC1. The highest BCUT2D eigenvalue weighted by Crippen LogP contribution is 2.33. The van der Waals surface area contributed by atoms with Crippen molar-refractivity contribution in [3.8, 4) is 5.75 Å². The fourth-order valence-electron chi connectivity index (χ4n) is 2.16. The van der Waals surface area contributed by atoms with Crippen molar-refractivity contribution in [2.24, 2.45) is 11.7 Å². The Labute approximate surface area is 118 Å². The van der Waals surface area contributed by atoms with Gasteiger partial charge in [0.1, 0.15) is 5.75 Å². The third kappa shape index (κ3) is 3.48. The Hall–Kier alpha value is -0.540. The van der Waals surface area contributed by atoms with E-state index >= 15 is 0 Å². The lowest BCUT2D eigenvalue weighted by Gasteiger charge is -2.26. The quantitative estimate of drug-likeness (QED) is 0.864. The maximum Gasteiger partial charge on any atom is 0.136 e. The molecule has 0 heterocycles. The van der Waals surface area contributed by atoms with Gasteiger partial charge in [-0.25, -0.2) is 0 Å². The molecule has 0 aliphatic heterocycles. The lowest BCUT2D eigenvalue weighted by atomic mass is 9.86. The Morgan fingerprint density at radius 1 is 1.44 bits per heavy atom. The highest BCUT2D eigenvalue weighted by atomic mass is 79.9. The van der Waals surface area contributed by atoms with Gasteiger partial charge >= 0.3 is 0 Å². The molecular formula is C15H22BrNO. The third-order valence-corrected chi connectivity index (χ3v) is 4.37. The van der Waals surface area contributed by atoms with E-state index in [0.29, 0.717) is 0 Å². The van der Waals surface area contributed by atoms with Crippen LogP contribution in [0.1, 0.15) is 38.2 Å². The lowest BCUT2D eigenvalue weighted by Crippen LogP contribution is -2.23. The summed E-state index contributed by atoms with van der Waals surface area (Å²) in [6.07, 6.45) is 5.87. The average Bonchev–Trinajstić information content (AvgIpc) is 2.30. The zero-order chi connectivity index (χ0) is 13.0. The van der Waals surface area contributed by atoms with Gasteiger partial charge in [-0.3, -0.25) is 0 Å². The molecule has 1 fully saturated rings. The van der Waals surface area contributed by atoms with E-state index in [1.54, 1.807) is 0 Å². The highest BCUT2D eigenvalue weighted by Gasteiger charge is 2.19. The van der Waals surface area contributed by atoms with Crippen LogP contribution in [0.3, 0.4) is 0 Å². The van der Waals surface area contributed by atoms with Crippen LogP contribution < -0.4 is 10.5 Å². The van der Waals surface area contributed by atoms with Gasteiger partial charge in [-0.15, -0.1) is 0 Å². The van der Waals surface area contributed by atoms with Gasteiger partial charge in [-0.1, -0.05) is 25.5 Å². The molecule has 100 valence electrons. The minimum Gasteiger partial charge on any atom is -0.492 e. The molecule has 3 heteroatoms. The first-order valence-corrected chi connectivity index (χ1v) is 7.65. The van der Waals surface area contributed by atoms with Gasteiger partial charge in [-0.05, 0) is 59.2 Å². The van der Waals surface area contributed by atoms with Crippen LogP contribution in [0.2, 0.25) is 0 Å². The van der Waals surface area contributed by atoms with Crippen molar-refractivity contribution >= 4 is 15.9 Å². The van der Waals surface area contributed by atoms with Crippen LogP contribution in [0.15, 0.2) is 22.7 Å². The topological polar surface area (TPSA) is 35.2 Å². The number of halogens is 1. The van der Waals surface area contributed by atoms with E-state index in [1.165, 1.54) is 24.8 Å². The van der Waals surface area contributed by atoms with Gasteiger partial charge < -0.3 is 10.5 Å². The molecule has 1 saturated carbocycles. The minimum atomic E-state index is 0.213. The van der Waals surface area contributed by atoms with E-state index in [2.05, 4.69) is 35.0 Å². The van der Waals surface area contributed by atoms with E-state index in [4.69, 9.17) is 10.5 Å². The summed E-state index contributed by atoms with van der Waals surface area (Å²) in [5.41, 5.74) is 7.27. The van der Waals surface area contributed by atoms with Crippen molar-refractivity contribution in [2.75, 3.05) is 6.61 Å². The van der Waals surface area contributed by atoms with Crippen LogP contribution in [-0.2, 0) is 6.42 Å². The van der Waals surface area contributed by atoms with E-state index in [9.17, 15) is 0 Å². The van der Waals surface area contributed by atoms with Crippen LogP contribution in [0, 0.1) is 5.92 Å². The largest absolute Gasteiger partial charge is 0.492 e. The molecule has 0 amide bonds. The van der Waals surface area contributed by atoms with Crippen molar-refractivity contribution in [3.05, 3.63) is 28.2 Å². The predicted molar refractivity (Wildman–Crippen MR) is 78.9 cm³/mol. The van der Waals surface area contributed by atoms with Gasteiger partial charge in [0.2, 0.25) is 0 Å². The fraction of sp³-hybridized carbons (Fsp3) is 0.600. The number of ether oxygens (including phenoxy) is 1. The molecule has 1 aliphatic carbocycles. The van der Waals surface area contributed by atoms with E-state index in [0.717, 1.165) is 35.6 Å². The summed E-state index contributed by atoms with van der Waals surface area (Å²) < 4.78 is 7.06. The molecule has 1 unspecified atom stereocenters. The summed E-state index contributed by atoms with van der Waals surface area (Å²) in [6.45, 7) is 2.97. The summed E-state index contributed by atoms with van der Waals surface area (Å²) in [7, 11) is 0. The van der Waals surface area contributed by atoms with Gasteiger partial charge in [0.05, 0.1) is 11.1 Å². The van der Waals surface area contributed by atoms with Crippen LogP contribution in [0.25, 0.3) is 0 Å². The molecule has 0 bridgehead atoms. The number of nitrogens with two attached hydrogens (primary N) is 1. The molecule has 0 spiro atoms. The molecule has 1 aromatic rings. The number of benzene rings is 1. The van der Waals surface area contributed by atoms with E-state index in [1.807, 2.05) is 6.07 Å². The van der Waals surface area contributed by atoms with Crippen molar-refractivity contribution in [1.29, 1.82) is 0 Å². The van der Waals surface area contributed by atoms with Crippen molar-refractivity contribution < 1.29 is 4.74 Å². The lowest BCUT2D eigenvalue weighted by molar-refractivity contribution is 0.178. The molecule has 1 aromatic carbocycles. The second-order valence-electron chi connectivity index (χ2n) is 5.21. The highest BCUT2D eigenvalue weighted by molar-refractivity contribution is 9.10. The Kier molecular flexibility index (Phi) is 5.07. The van der Waals surface area contributed by atoms with Gasteiger partial charge in [0, 0.05) is 6.04 Å². The number of hydrogen-bond acceptors (Lipinski definition) is 2. The standard InChI is InChI=1S/C15H22BrNO/c1-2-13(17)9-12-7-4-8-14(16)15(12)18-10-11-5-3-6-11/h4,7-8,11,13H,2-3,5-6,9-10,17H2,1H3. The predicted octanol–water partition coefficient (Wildman–Crippen LogP) is 3.91. The zero-order valence-corrected chi connectivity index (χ0v) is 12.6. The van der Waals surface area contributed by atoms with Crippen LogP contribution in [0.5, 0.6) is 5.75 Å². The van der Waals surface area contributed by atoms with Crippen molar-refractivity contribution in [3.63, 3.8) is 0 Å². The summed E-state index contributed by atoms with van der Waals surface area (Å²) >= 11 is 3.58. The fourth-order valence-corrected chi connectivity index (χ4v) is 2.69. The smallest absolute Gasteiger partial charge is 0.136 e. The molecule has 18 heavy (non-hydrogen) atoms. The molecule has 2 nitrogen and oxygen atoms in total. The Balaban J connectivity index is 2.04. The summed E-state index contributed by atoms with van der Waals surface area (Å²) in [6, 6.07) is 6.43. The molecule has 1 aliphatic rings. The minimum absolute atomic E-state index is 0.213. The molecule has 0 aromatic heterocycles. The van der Waals surface area contributed by atoms with Crippen molar-refractivity contribution in [2.45, 2.75) is 45.1 Å². The second-order valence-corrected chi connectivity index (χ2v) is 6.06. The molecule has 0 saturated heterocycles. The van der Waals surface area contributed by atoms with Crippen molar-refractivity contribution in [1.82, 2.24) is 0 Å². The Morgan fingerprint density at radius 2 is 2.22 bits per heavy atom. The first-order valence-electron chi connectivity index (χ1n) is 6.86. The zero-order valence-electron chi connectivity index (χ0n) is 11.0. The third-order valence-electron chi connectivity index (χ3n) is 3.74. The normalized spacial score (nSPS) is 17.3. The number of hydrogen-bond donors (Lipinski definition) is 1. The number of rotatable bonds is 6. The summed E-state index contributed by atoms with van der Waals surface area (Å²) in [5, 5.41) is 0. The monoisotopic (exact) mass is 311 g/mol. The first kappa shape index (κ1) is 13.9. The van der Waals surface area contributed by atoms with Crippen LogP contribution in [-0.4, -0.2) is 12.6 Å². The van der Waals surface area contributed by atoms with Gasteiger partial charge in [0.15, 0.2) is 0 Å². The molecule has 1 atom stereocenters. The molecular weight excluding hydrogens is 290 g/mol. The molecule has 0 radical (unpaired) electrons. The maximum atomic E-state index is 6.05. The average molecular weight is 312 g/mol. The van der Waals surface area contributed by atoms with Crippen LogP contribution in [0.4, 0.5) is 0 Å². The van der Waals surface area contributed by atoms with Gasteiger partial charge in [-0.2, -0.15) is 0 Å². The van der Waals surface area contributed by atoms with Gasteiger partial charge in [0.25, 0.3) is 0 Å². The summed E-state index contributed by atoms with van der Waals surface area (Å²) in [4.78, 5) is 0. The Morgan fingerprint density at radius 3 is 2.83 bits per heavy atom.